The van der Waals surface area contributed by atoms with Crippen molar-refractivity contribution in [2.75, 3.05) is 5.32 Å². The number of anilines is 1. The first-order valence-electron chi connectivity index (χ1n) is 9.85. The van der Waals surface area contributed by atoms with E-state index in [0.29, 0.717) is 37.9 Å². The summed E-state index contributed by atoms with van der Waals surface area (Å²) < 4.78 is 5.64. The second-order valence-corrected chi connectivity index (χ2v) is 9.97. The third kappa shape index (κ3) is 4.68. The van der Waals surface area contributed by atoms with Gasteiger partial charge in [-0.2, -0.15) is 0 Å². The summed E-state index contributed by atoms with van der Waals surface area (Å²) in [5.74, 6) is -0.0556. The van der Waals surface area contributed by atoms with Crippen molar-refractivity contribution in [3.63, 3.8) is 0 Å². The molecule has 0 fully saturated rings. The van der Waals surface area contributed by atoms with E-state index in [2.05, 4.69) is 17.6 Å². The summed E-state index contributed by atoms with van der Waals surface area (Å²) in [4.78, 5) is 25.8. The van der Waals surface area contributed by atoms with Gasteiger partial charge in [0.05, 0.1) is 10.6 Å². The van der Waals surface area contributed by atoms with Crippen LogP contribution >= 0.6 is 46.8 Å². The van der Waals surface area contributed by atoms with Crippen LogP contribution in [-0.2, 0) is 12.8 Å². The van der Waals surface area contributed by atoms with Crippen LogP contribution in [0.3, 0.4) is 0 Å². The quantitative estimate of drug-likeness (QED) is 0.395. The van der Waals surface area contributed by atoms with Crippen molar-refractivity contribution in [3.8, 4) is 11.3 Å². The molecule has 1 atom stereocenters. The van der Waals surface area contributed by atoms with Gasteiger partial charge < -0.3 is 15.5 Å². The molecule has 10 heteroatoms. The first-order chi connectivity index (χ1) is 15.2. The molecule has 0 radical (unpaired) electrons. The number of primary amides is 1. The van der Waals surface area contributed by atoms with Gasteiger partial charge in [-0.1, -0.05) is 30.1 Å². The normalized spacial score (nSPS) is 15.2. The molecule has 166 valence electrons. The summed E-state index contributed by atoms with van der Waals surface area (Å²) in [5, 5.41) is 7.07. The van der Waals surface area contributed by atoms with Gasteiger partial charge in [-0.15, -0.1) is 11.3 Å². The molecular weight excluding hydrogens is 489 g/mol. The molecule has 0 bridgehead atoms. The fraction of sp³-hybridized carbons (Fsp3) is 0.227. The van der Waals surface area contributed by atoms with Crippen LogP contribution in [0.25, 0.3) is 11.3 Å². The van der Waals surface area contributed by atoms with Crippen molar-refractivity contribution in [1.29, 1.82) is 0 Å². The zero-order chi connectivity index (χ0) is 23.0. The lowest BCUT2D eigenvalue weighted by molar-refractivity contribution is 0.0950. The largest absolute Gasteiger partial charge is 0.451 e. The molecule has 0 aliphatic heterocycles. The van der Waals surface area contributed by atoms with Crippen LogP contribution in [0.2, 0.25) is 10.0 Å². The zero-order valence-electron chi connectivity index (χ0n) is 17.0. The SMILES string of the molecule is C[C@H]1CCc2c(sc(NC(=S)NC(=O)c3ccc(-c4cc(Cl)ccc4Cl)o3)c2C(N)=O)C1. The molecule has 2 amide bonds. The molecule has 3 aromatic rings. The number of furan rings is 1. The highest BCUT2D eigenvalue weighted by Crippen LogP contribution is 2.39. The van der Waals surface area contributed by atoms with Gasteiger partial charge in [-0.25, -0.2) is 0 Å². The summed E-state index contributed by atoms with van der Waals surface area (Å²) in [5.41, 5.74) is 7.63. The second-order valence-electron chi connectivity index (χ2n) is 7.62. The molecule has 4 rings (SSSR count). The number of thiocarbonyl (C=S) groups is 1. The van der Waals surface area contributed by atoms with Crippen LogP contribution in [0, 0.1) is 5.92 Å². The van der Waals surface area contributed by atoms with Crippen molar-refractivity contribution >= 4 is 68.7 Å². The Morgan fingerprint density at radius 2 is 2.03 bits per heavy atom. The molecule has 6 nitrogen and oxygen atoms in total. The predicted molar refractivity (Wildman–Crippen MR) is 132 cm³/mol. The van der Waals surface area contributed by atoms with Gasteiger partial charge >= 0.3 is 0 Å². The highest BCUT2D eigenvalue weighted by atomic mass is 35.5. The lowest BCUT2D eigenvalue weighted by atomic mass is 9.88. The van der Waals surface area contributed by atoms with Crippen molar-refractivity contribution in [1.82, 2.24) is 5.32 Å². The number of halogens is 2. The van der Waals surface area contributed by atoms with E-state index in [1.54, 1.807) is 24.3 Å². The third-order valence-electron chi connectivity index (χ3n) is 5.24. The molecule has 32 heavy (non-hydrogen) atoms. The Bertz CT molecular complexity index is 1240. The molecule has 0 spiro atoms. The molecular formula is C22H19Cl2N3O3S2. The topological polar surface area (TPSA) is 97.4 Å². The van der Waals surface area contributed by atoms with E-state index in [0.717, 1.165) is 29.7 Å². The number of nitrogens with two attached hydrogens (primary N) is 1. The molecule has 1 aliphatic carbocycles. The van der Waals surface area contributed by atoms with Crippen LogP contribution in [0.1, 0.15) is 44.7 Å². The summed E-state index contributed by atoms with van der Waals surface area (Å²) in [6.07, 6.45) is 2.69. The summed E-state index contributed by atoms with van der Waals surface area (Å²) in [6.45, 7) is 2.18. The minimum absolute atomic E-state index is 0.0443. The number of carbonyl (C=O) groups excluding carboxylic acids is 2. The van der Waals surface area contributed by atoms with E-state index in [1.807, 2.05) is 0 Å². The van der Waals surface area contributed by atoms with Crippen molar-refractivity contribution < 1.29 is 14.0 Å². The number of fused-ring (bicyclic) bond motifs is 1. The van der Waals surface area contributed by atoms with Crippen LogP contribution in [0.4, 0.5) is 5.00 Å². The van der Waals surface area contributed by atoms with Crippen LogP contribution in [0.15, 0.2) is 34.7 Å². The molecule has 0 unspecified atom stereocenters. The van der Waals surface area contributed by atoms with Gasteiger partial charge in [0, 0.05) is 15.5 Å². The molecule has 0 saturated heterocycles. The van der Waals surface area contributed by atoms with Gasteiger partial charge in [-0.3, -0.25) is 14.9 Å². The average molecular weight is 508 g/mol. The Morgan fingerprint density at radius 3 is 2.78 bits per heavy atom. The lowest BCUT2D eigenvalue weighted by Crippen LogP contribution is -2.34. The van der Waals surface area contributed by atoms with Gasteiger partial charge in [0.2, 0.25) is 0 Å². The fourth-order valence-corrected chi connectivity index (χ4v) is 5.75. The summed E-state index contributed by atoms with van der Waals surface area (Å²) in [7, 11) is 0. The van der Waals surface area contributed by atoms with Crippen molar-refractivity contribution in [3.05, 3.63) is 62.1 Å². The Morgan fingerprint density at radius 1 is 1.25 bits per heavy atom. The number of hydrogen-bond donors (Lipinski definition) is 3. The van der Waals surface area contributed by atoms with Crippen LogP contribution in [0.5, 0.6) is 0 Å². The number of nitrogens with one attached hydrogen (secondary N) is 2. The molecule has 0 saturated carbocycles. The van der Waals surface area contributed by atoms with E-state index >= 15 is 0 Å². The molecule has 1 aliphatic rings. The minimum Gasteiger partial charge on any atom is -0.451 e. The molecule has 4 N–H and O–H groups in total. The van der Waals surface area contributed by atoms with E-state index in [1.165, 1.54) is 17.4 Å². The van der Waals surface area contributed by atoms with Gasteiger partial charge in [-0.05, 0) is 73.3 Å². The van der Waals surface area contributed by atoms with E-state index in [9.17, 15) is 9.59 Å². The highest BCUT2D eigenvalue weighted by molar-refractivity contribution is 7.80. The van der Waals surface area contributed by atoms with Crippen LogP contribution in [-0.4, -0.2) is 16.9 Å². The zero-order valence-corrected chi connectivity index (χ0v) is 20.1. The number of benzene rings is 1. The average Bonchev–Trinajstić information content (AvgIpc) is 3.34. The van der Waals surface area contributed by atoms with Crippen LogP contribution < -0.4 is 16.4 Å². The van der Waals surface area contributed by atoms with Gasteiger partial charge in [0.25, 0.3) is 11.8 Å². The number of rotatable bonds is 4. The fourth-order valence-electron chi connectivity index (χ4n) is 3.69. The van der Waals surface area contributed by atoms with E-state index < -0.39 is 11.8 Å². The van der Waals surface area contributed by atoms with E-state index in [4.69, 9.17) is 45.6 Å². The van der Waals surface area contributed by atoms with Crippen molar-refractivity contribution in [2.45, 2.75) is 26.2 Å². The Balaban J connectivity index is 1.49. The number of thiophene rings is 1. The monoisotopic (exact) mass is 507 g/mol. The minimum atomic E-state index is -0.539. The third-order valence-corrected chi connectivity index (χ3v) is 7.17. The molecule has 2 heterocycles. The lowest BCUT2D eigenvalue weighted by Gasteiger charge is -2.18. The Hall–Kier alpha value is -2.39. The maximum Gasteiger partial charge on any atom is 0.293 e. The van der Waals surface area contributed by atoms with E-state index in [-0.39, 0.29) is 10.9 Å². The Labute approximate surface area is 204 Å². The summed E-state index contributed by atoms with van der Waals surface area (Å²) in [6, 6.07) is 8.12. The maximum absolute atomic E-state index is 12.6. The van der Waals surface area contributed by atoms with Gasteiger partial charge in [0.15, 0.2) is 10.9 Å². The smallest absolute Gasteiger partial charge is 0.293 e. The Kier molecular flexibility index (Phi) is 6.57. The molecule has 2 aromatic heterocycles. The first kappa shape index (κ1) is 22.8. The first-order valence-corrected chi connectivity index (χ1v) is 11.8. The van der Waals surface area contributed by atoms with Crippen molar-refractivity contribution in [2.24, 2.45) is 11.7 Å². The second kappa shape index (κ2) is 9.23. The number of amides is 2. The predicted octanol–water partition coefficient (Wildman–Crippen LogP) is 5.67. The maximum atomic E-state index is 12.6. The summed E-state index contributed by atoms with van der Waals surface area (Å²) >= 11 is 19.0. The number of carbonyl (C=O) groups is 2. The highest BCUT2D eigenvalue weighted by Gasteiger charge is 2.27. The number of hydrogen-bond acceptors (Lipinski definition) is 5. The molecule has 1 aromatic carbocycles. The van der Waals surface area contributed by atoms with Gasteiger partial charge in [0.1, 0.15) is 10.8 Å². The standard InChI is InChI=1S/C22H19Cl2N3O3S2/c1-10-2-4-12-17(8-10)32-21(18(12)19(25)28)27-22(31)26-20(29)16-7-6-15(30-16)13-9-11(23)3-5-14(13)24/h3,5-7,9-10H,2,4,8H2,1H3,(H2,25,28)(H2,26,27,29,31)/t10-/m0/s1.